The highest BCUT2D eigenvalue weighted by Crippen LogP contribution is 2.36. The maximum atomic E-state index is 8.45. The molecule has 2 fully saturated rings. The zero-order chi connectivity index (χ0) is 21.1. The molecule has 9 nitrogen and oxygen atoms in total. The van der Waals surface area contributed by atoms with E-state index in [4.69, 9.17) is 31.2 Å². The summed E-state index contributed by atoms with van der Waals surface area (Å²) in [5.74, 6) is 0.591. The van der Waals surface area contributed by atoms with Crippen LogP contribution < -0.4 is 16.0 Å². The van der Waals surface area contributed by atoms with Crippen molar-refractivity contribution in [2.75, 3.05) is 30.5 Å². The van der Waals surface area contributed by atoms with Gasteiger partial charge >= 0.3 is 0 Å². The number of nitrogens with one attached hydrogen (secondary N) is 4. The molecular formula is C20H29ClN6O3. The minimum absolute atomic E-state index is 0.0592. The normalized spacial score (nSPS) is 26.2. The number of ether oxygens (including phenoxy) is 3. The third-order valence-electron chi connectivity index (χ3n) is 5.74. The molecule has 0 aromatic carbocycles. The van der Waals surface area contributed by atoms with Crippen LogP contribution in [0.5, 0.6) is 0 Å². The first-order chi connectivity index (χ1) is 14.4. The van der Waals surface area contributed by atoms with Crippen LogP contribution in [0.2, 0.25) is 5.02 Å². The lowest BCUT2D eigenvalue weighted by atomic mass is 9.90. The largest absolute Gasteiger partial charge is 0.476 e. The van der Waals surface area contributed by atoms with E-state index in [0.29, 0.717) is 48.7 Å². The lowest BCUT2D eigenvalue weighted by molar-refractivity contribution is -0.179. The molecular weight excluding hydrogens is 408 g/mol. The minimum atomic E-state index is -0.390. The Balaban J connectivity index is 1.51. The average molecular weight is 437 g/mol. The molecule has 1 saturated carbocycles. The Bertz CT molecular complexity index is 817. The van der Waals surface area contributed by atoms with Crippen molar-refractivity contribution in [3.8, 4) is 0 Å². The summed E-state index contributed by atoms with van der Waals surface area (Å²) < 4.78 is 17.3. The lowest BCUT2D eigenvalue weighted by Gasteiger charge is -2.36. The first kappa shape index (κ1) is 21.1. The fraction of sp³-hybridized carbons (Fsp3) is 0.650. The highest BCUT2D eigenvalue weighted by Gasteiger charge is 2.40. The van der Waals surface area contributed by atoms with Gasteiger partial charge in [0.1, 0.15) is 10.7 Å². The molecule has 3 aliphatic rings. The van der Waals surface area contributed by atoms with Gasteiger partial charge in [0.25, 0.3) is 0 Å². The predicted molar refractivity (Wildman–Crippen MR) is 115 cm³/mol. The van der Waals surface area contributed by atoms with Gasteiger partial charge < -0.3 is 30.2 Å². The van der Waals surface area contributed by atoms with Crippen LogP contribution in [0, 0.1) is 5.41 Å². The molecule has 0 amide bonds. The maximum absolute atomic E-state index is 8.45. The average Bonchev–Trinajstić information content (AvgIpc) is 3.17. The molecule has 1 saturated heterocycles. The number of aromatic nitrogens is 2. The van der Waals surface area contributed by atoms with Crippen LogP contribution in [-0.2, 0) is 14.2 Å². The van der Waals surface area contributed by atoms with E-state index in [1.165, 1.54) is 0 Å². The molecule has 1 spiro atoms. The minimum Gasteiger partial charge on any atom is -0.476 e. The lowest BCUT2D eigenvalue weighted by Crippen LogP contribution is -2.42. The molecule has 1 aromatic heterocycles. The monoisotopic (exact) mass is 436 g/mol. The summed E-state index contributed by atoms with van der Waals surface area (Å²) in [5, 5.41) is 18.9. The van der Waals surface area contributed by atoms with E-state index < -0.39 is 0 Å². The summed E-state index contributed by atoms with van der Waals surface area (Å²) in [6.07, 6.45) is 5.85. The fourth-order valence-corrected chi connectivity index (χ4v) is 4.19. The zero-order valence-electron chi connectivity index (χ0n) is 17.4. The molecule has 164 valence electrons. The molecule has 3 heterocycles. The van der Waals surface area contributed by atoms with Crippen LogP contribution >= 0.6 is 11.6 Å². The molecule has 4 N–H and O–H groups in total. The van der Waals surface area contributed by atoms with Crippen molar-refractivity contribution in [2.24, 2.45) is 0 Å². The van der Waals surface area contributed by atoms with Gasteiger partial charge in [-0.05, 0) is 26.7 Å². The van der Waals surface area contributed by atoms with Crippen molar-refractivity contribution in [2.45, 2.75) is 63.8 Å². The topological polar surface area (TPSA) is 113 Å². The maximum Gasteiger partial charge on any atom is 0.232 e. The molecule has 1 aromatic rings. The van der Waals surface area contributed by atoms with E-state index in [-0.39, 0.29) is 23.8 Å². The second kappa shape index (κ2) is 8.95. The summed E-state index contributed by atoms with van der Waals surface area (Å²) in [6, 6.07) is 0.365. The molecule has 2 bridgehead atoms. The molecule has 2 aliphatic heterocycles. The summed E-state index contributed by atoms with van der Waals surface area (Å²) in [5.41, 5.74) is 1.33. The predicted octanol–water partition coefficient (Wildman–Crippen LogP) is 3.25. The number of halogens is 1. The van der Waals surface area contributed by atoms with E-state index in [1.807, 2.05) is 13.8 Å². The van der Waals surface area contributed by atoms with E-state index in [9.17, 15) is 0 Å². The number of rotatable bonds is 2. The summed E-state index contributed by atoms with van der Waals surface area (Å²) >= 11 is 6.23. The number of allylic oxidation sites excluding steroid dienone is 1. The molecule has 1 aliphatic carbocycles. The number of fused-ring (bicyclic) bond motifs is 2. The molecule has 4 rings (SSSR count). The van der Waals surface area contributed by atoms with Crippen LogP contribution in [-0.4, -0.2) is 53.6 Å². The summed E-state index contributed by atoms with van der Waals surface area (Å²) in [6.45, 7) is 5.72. The summed E-state index contributed by atoms with van der Waals surface area (Å²) in [7, 11) is 0. The fourth-order valence-electron chi connectivity index (χ4n) is 4.04. The van der Waals surface area contributed by atoms with Gasteiger partial charge in [0.15, 0.2) is 11.6 Å². The van der Waals surface area contributed by atoms with Gasteiger partial charge in [-0.2, -0.15) is 4.98 Å². The van der Waals surface area contributed by atoms with Crippen molar-refractivity contribution in [3.05, 3.63) is 22.6 Å². The van der Waals surface area contributed by atoms with Gasteiger partial charge in [-0.25, -0.2) is 4.98 Å². The van der Waals surface area contributed by atoms with Gasteiger partial charge in [-0.15, -0.1) is 0 Å². The Morgan fingerprint density at radius 3 is 2.70 bits per heavy atom. The van der Waals surface area contributed by atoms with Crippen LogP contribution in [0.3, 0.4) is 0 Å². The molecule has 1 atom stereocenters. The first-order valence-corrected chi connectivity index (χ1v) is 10.8. The Labute approximate surface area is 181 Å². The Hall–Kier alpha value is -2.10. The van der Waals surface area contributed by atoms with E-state index in [1.54, 1.807) is 6.20 Å². The van der Waals surface area contributed by atoms with Crippen molar-refractivity contribution in [3.63, 3.8) is 0 Å². The van der Waals surface area contributed by atoms with E-state index >= 15 is 0 Å². The Kier molecular flexibility index (Phi) is 6.31. The Morgan fingerprint density at radius 2 is 1.97 bits per heavy atom. The first-order valence-electron chi connectivity index (χ1n) is 10.5. The SMILES string of the molecule is C/C(NC1CCC2(CC1)OCCO2)=C1\Nc2ncc(Cl)c(n2)NC(C)CCOC1=N. The van der Waals surface area contributed by atoms with Crippen molar-refractivity contribution < 1.29 is 14.2 Å². The highest BCUT2D eigenvalue weighted by atomic mass is 35.5. The molecule has 1 unspecified atom stereocenters. The number of hydrogen-bond acceptors (Lipinski definition) is 9. The van der Waals surface area contributed by atoms with Gasteiger partial charge in [0.05, 0.1) is 26.0 Å². The summed E-state index contributed by atoms with van der Waals surface area (Å²) in [4.78, 5) is 8.73. The van der Waals surface area contributed by atoms with Gasteiger partial charge in [0.2, 0.25) is 11.8 Å². The van der Waals surface area contributed by atoms with E-state index in [2.05, 4.69) is 25.9 Å². The Morgan fingerprint density at radius 1 is 1.23 bits per heavy atom. The third kappa shape index (κ3) is 4.79. The highest BCUT2D eigenvalue weighted by molar-refractivity contribution is 6.32. The quantitative estimate of drug-likeness (QED) is 0.558. The molecule has 30 heavy (non-hydrogen) atoms. The van der Waals surface area contributed by atoms with Crippen molar-refractivity contribution in [1.82, 2.24) is 15.3 Å². The number of hydrogen-bond donors (Lipinski definition) is 4. The second-order valence-electron chi connectivity index (χ2n) is 8.05. The van der Waals surface area contributed by atoms with Gasteiger partial charge in [-0.1, -0.05) is 11.6 Å². The van der Waals surface area contributed by atoms with Crippen LogP contribution in [0.1, 0.15) is 46.0 Å². The number of nitrogens with zero attached hydrogens (tertiary/aromatic N) is 2. The van der Waals surface area contributed by atoms with Crippen molar-refractivity contribution in [1.29, 1.82) is 5.41 Å². The third-order valence-corrected chi connectivity index (χ3v) is 6.02. The van der Waals surface area contributed by atoms with Crippen LogP contribution in [0.25, 0.3) is 0 Å². The van der Waals surface area contributed by atoms with Gasteiger partial charge in [0, 0.05) is 37.0 Å². The van der Waals surface area contributed by atoms with Crippen molar-refractivity contribution >= 4 is 29.3 Å². The second-order valence-corrected chi connectivity index (χ2v) is 8.46. The zero-order valence-corrected chi connectivity index (χ0v) is 18.1. The molecule has 0 radical (unpaired) electrons. The number of anilines is 2. The molecule has 10 heteroatoms. The standard InChI is InChI=1S/C20H29ClN6O3/c1-12-5-8-28-17(22)16(26-19-23-11-15(21)18(24-12)27-19)13(2)25-14-3-6-20(7-4-14)29-9-10-30-20/h11-12,14,22,25H,3-10H2,1-2H3,(H2,23,24,26,27)/b16-13+,22-17?. The van der Waals surface area contributed by atoms with E-state index in [0.717, 1.165) is 31.4 Å². The smallest absolute Gasteiger partial charge is 0.232 e. The van der Waals surface area contributed by atoms with Gasteiger partial charge in [-0.3, -0.25) is 5.41 Å². The van der Waals surface area contributed by atoms with Crippen LogP contribution in [0.15, 0.2) is 17.6 Å². The van der Waals surface area contributed by atoms with Crippen LogP contribution in [0.4, 0.5) is 11.8 Å².